The molecule has 1 aromatic carbocycles. The molecule has 0 spiro atoms. The standard InChI is InChI=1S/C15H20N2O2/c1-4-8-17(13(3)18)11-15(19)16-10-14-7-5-6-12(2)9-14/h4-7,9H,1,8,10-11H2,2-3H3,(H,16,19). The molecule has 4 nitrogen and oxygen atoms in total. The number of nitrogens with one attached hydrogen (secondary N) is 1. The van der Waals surface area contributed by atoms with Crippen molar-refractivity contribution in [1.82, 2.24) is 10.2 Å². The van der Waals surface area contributed by atoms with Gasteiger partial charge >= 0.3 is 0 Å². The summed E-state index contributed by atoms with van der Waals surface area (Å²) in [6, 6.07) is 7.94. The fourth-order valence-corrected chi connectivity index (χ4v) is 1.71. The zero-order chi connectivity index (χ0) is 14.3. The van der Waals surface area contributed by atoms with Gasteiger partial charge in [0.05, 0.1) is 6.54 Å². The average Bonchev–Trinajstić information content (AvgIpc) is 2.36. The highest BCUT2D eigenvalue weighted by Crippen LogP contribution is 2.03. The van der Waals surface area contributed by atoms with Crippen LogP contribution in [-0.2, 0) is 16.1 Å². The number of hydrogen-bond acceptors (Lipinski definition) is 2. The van der Waals surface area contributed by atoms with E-state index in [2.05, 4.69) is 11.9 Å². The van der Waals surface area contributed by atoms with Crippen LogP contribution in [0.5, 0.6) is 0 Å². The van der Waals surface area contributed by atoms with Gasteiger partial charge in [-0.3, -0.25) is 9.59 Å². The van der Waals surface area contributed by atoms with Crippen LogP contribution in [0, 0.1) is 6.92 Å². The van der Waals surface area contributed by atoms with Gasteiger partial charge in [0.1, 0.15) is 0 Å². The molecule has 1 rings (SSSR count). The quantitative estimate of drug-likeness (QED) is 0.791. The first-order chi connectivity index (χ1) is 9.02. The van der Waals surface area contributed by atoms with E-state index >= 15 is 0 Å². The molecule has 1 aromatic rings. The summed E-state index contributed by atoms with van der Waals surface area (Å²) in [5.74, 6) is -0.302. The lowest BCUT2D eigenvalue weighted by Gasteiger charge is -2.18. The Morgan fingerprint density at radius 3 is 2.74 bits per heavy atom. The van der Waals surface area contributed by atoms with Crippen LogP contribution in [0.4, 0.5) is 0 Å². The number of amides is 2. The van der Waals surface area contributed by atoms with E-state index in [4.69, 9.17) is 0 Å². The summed E-state index contributed by atoms with van der Waals surface area (Å²) >= 11 is 0. The second-order valence-electron chi connectivity index (χ2n) is 4.45. The maximum absolute atomic E-state index is 11.8. The predicted octanol–water partition coefficient (Wildman–Crippen LogP) is 1.65. The number of carbonyl (C=O) groups excluding carboxylic acids is 2. The smallest absolute Gasteiger partial charge is 0.239 e. The highest BCUT2D eigenvalue weighted by molar-refractivity contribution is 5.83. The molecule has 0 unspecified atom stereocenters. The Morgan fingerprint density at radius 2 is 2.16 bits per heavy atom. The third-order valence-electron chi connectivity index (χ3n) is 2.70. The van der Waals surface area contributed by atoms with Crippen LogP contribution < -0.4 is 5.32 Å². The van der Waals surface area contributed by atoms with Crippen molar-refractivity contribution in [3.63, 3.8) is 0 Å². The van der Waals surface area contributed by atoms with E-state index in [-0.39, 0.29) is 18.4 Å². The number of rotatable bonds is 6. The minimum Gasteiger partial charge on any atom is -0.350 e. The number of aryl methyl sites for hydroxylation is 1. The normalized spacial score (nSPS) is 9.79. The van der Waals surface area contributed by atoms with Crippen molar-refractivity contribution in [2.75, 3.05) is 13.1 Å². The van der Waals surface area contributed by atoms with Gasteiger partial charge in [0.15, 0.2) is 0 Å². The maximum atomic E-state index is 11.8. The van der Waals surface area contributed by atoms with E-state index in [9.17, 15) is 9.59 Å². The van der Waals surface area contributed by atoms with Crippen molar-refractivity contribution in [2.24, 2.45) is 0 Å². The zero-order valence-electron chi connectivity index (χ0n) is 11.5. The highest BCUT2D eigenvalue weighted by atomic mass is 16.2. The van der Waals surface area contributed by atoms with Crippen LogP contribution in [0.25, 0.3) is 0 Å². The predicted molar refractivity (Wildman–Crippen MR) is 75.5 cm³/mol. The highest BCUT2D eigenvalue weighted by Gasteiger charge is 2.11. The zero-order valence-corrected chi connectivity index (χ0v) is 11.5. The third kappa shape index (κ3) is 5.38. The lowest BCUT2D eigenvalue weighted by molar-refractivity contribution is -0.133. The lowest BCUT2D eigenvalue weighted by Crippen LogP contribution is -2.39. The molecular weight excluding hydrogens is 240 g/mol. The van der Waals surface area contributed by atoms with Crippen LogP contribution in [0.1, 0.15) is 18.1 Å². The summed E-state index contributed by atoms with van der Waals surface area (Å²) in [6.45, 7) is 7.93. The van der Waals surface area contributed by atoms with Crippen molar-refractivity contribution in [2.45, 2.75) is 20.4 Å². The van der Waals surface area contributed by atoms with Gasteiger partial charge in [0, 0.05) is 20.0 Å². The van der Waals surface area contributed by atoms with E-state index in [0.717, 1.165) is 11.1 Å². The number of carbonyl (C=O) groups is 2. The second kappa shape index (κ2) is 7.36. The largest absolute Gasteiger partial charge is 0.350 e. The molecule has 102 valence electrons. The summed E-state index contributed by atoms with van der Waals surface area (Å²) < 4.78 is 0. The molecule has 1 N–H and O–H groups in total. The van der Waals surface area contributed by atoms with Crippen LogP contribution in [-0.4, -0.2) is 29.8 Å². The van der Waals surface area contributed by atoms with Gasteiger partial charge in [-0.2, -0.15) is 0 Å². The van der Waals surface area contributed by atoms with Crippen molar-refractivity contribution in [3.05, 3.63) is 48.0 Å². The summed E-state index contributed by atoms with van der Waals surface area (Å²) in [5.41, 5.74) is 2.20. The Kier molecular flexibility index (Phi) is 5.79. The van der Waals surface area contributed by atoms with Crippen molar-refractivity contribution >= 4 is 11.8 Å². The first-order valence-electron chi connectivity index (χ1n) is 6.21. The van der Waals surface area contributed by atoms with E-state index in [1.54, 1.807) is 6.08 Å². The first-order valence-corrected chi connectivity index (χ1v) is 6.21. The van der Waals surface area contributed by atoms with E-state index in [1.165, 1.54) is 11.8 Å². The minimum atomic E-state index is -0.168. The summed E-state index contributed by atoms with van der Waals surface area (Å²) in [4.78, 5) is 24.5. The molecule has 0 aliphatic rings. The molecule has 0 saturated heterocycles. The van der Waals surface area contributed by atoms with Gasteiger partial charge in [0.2, 0.25) is 11.8 Å². The Bertz CT molecular complexity index is 469. The van der Waals surface area contributed by atoms with E-state index < -0.39 is 0 Å². The molecule has 0 aliphatic heterocycles. The molecule has 0 bridgehead atoms. The van der Waals surface area contributed by atoms with Gasteiger partial charge in [-0.05, 0) is 12.5 Å². The van der Waals surface area contributed by atoms with Crippen molar-refractivity contribution < 1.29 is 9.59 Å². The van der Waals surface area contributed by atoms with Crippen LogP contribution >= 0.6 is 0 Å². The van der Waals surface area contributed by atoms with Crippen LogP contribution in [0.15, 0.2) is 36.9 Å². The van der Waals surface area contributed by atoms with E-state index in [1.807, 2.05) is 31.2 Å². The molecule has 0 radical (unpaired) electrons. The summed E-state index contributed by atoms with van der Waals surface area (Å²) in [7, 11) is 0. The molecule has 19 heavy (non-hydrogen) atoms. The lowest BCUT2D eigenvalue weighted by atomic mass is 10.1. The van der Waals surface area contributed by atoms with Gasteiger partial charge in [0.25, 0.3) is 0 Å². The van der Waals surface area contributed by atoms with E-state index in [0.29, 0.717) is 13.1 Å². The van der Waals surface area contributed by atoms with Crippen LogP contribution in [0.2, 0.25) is 0 Å². The van der Waals surface area contributed by atoms with Crippen LogP contribution in [0.3, 0.4) is 0 Å². The number of hydrogen-bond donors (Lipinski definition) is 1. The van der Waals surface area contributed by atoms with Gasteiger partial charge in [-0.25, -0.2) is 0 Å². The minimum absolute atomic E-state index is 0.0627. The van der Waals surface area contributed by atoms with Crippen molar-refractivity contribution in [3.8, 4) is 0 Å². The Labute approximate surface area is 114 Å². The molecule has 0 fully saturated rings. The molecule has 0 aliphatic carbocycles. The average molecular weight is 260 g/mol. The Morgan fingerprint density at radius 1 is 1.42 bits per heavy atom. The number of nitrogens with zero attached hydrogens (tertiary/aromatic N) is 1. The van der Waals surface area contributed by atoms with Gasteiger partial charge < -0.3 is 10.2 Å². The fourth-order valence-electron chi connectivity index (χ4n) is 1.71. The molecule has 0 saturated carbocycles. The van der Waals surface area contributed by atoms with Crippen molar-refractivity contribution in [1.29, 1.82) is 0 Å². The van der Waals surface area contributed by atoms with Gasteiger partial charge in [-0.1, -0.05) is 35.9 Å². The second-order valence-corrected chi connectivity index (χ2v) is 4.45. The monoisotopic (exact) mass is 260 g/mol. The molecule has 0 aromatic heterocycles. The first kappa shape index (κ1) is 15.0. The molecular formula is C15H20N2O2. The fraction of sp³-hybridized carbons (Fsp3) is 0.333. The summed E-state index contributed by atoms with van der Waals surface area (Å²) in [6.07, 6.45) is 1.61. The molecule has 2 amide bonds. The molecule has 0 heterocycles. The maximum Gasteiger partial charge on any atom is 0.239 e. The Balaban J connectivity index is 2.46. The van der Waals surface area contributed by atoms with Gasteiger partial charge in [-0.15, -0.1) is 6.58 Å². The topological polar surface area (TPSA) is 49.4 Å². The third-order valence-corrected chi connectivity index (χ3v) is 2.70. The summed E-state index contributed by atoms with van der Waals surface area (Å²) in [5, 5.41) is 2.80. The molecule has 0 atom stereocenters. The molecule has 4 heteroatoms. The Hall–Kier alpha value is -2.10. The number of benzene rings is 1. The SMILES string of the molecule is C=CCN(CC(=O)NCc1cccc(C)c1)C(C)=O.